The quantitative estimate of drug-likeness (QED) is 0.760. The molecule has 2 rings (SSSR count). The minimum atomic E-state index is -0.835. The number of morpholine rings is 1. The smallest absolute Gasteiger partial charge is 0.307 e. The van der Waals surface area contributed by atoms with Crippen molar-refractivity contribution >= 4 is 11.9 Å². The van der Waals surface area contributed by atoms with Crippen molar-refractivity contribution in [3.05, 3.63) is 0 Å². The second kappa shape index (κ2) is 7.59. The van der Waals surface area contributed by atoms with Gasteiger partial charge in [0, 0.05) is 26.2 Å². The predicted octanol–water partition coefficient (Wildman–Crippen LogP) is 0.326. The molecular formula is C14H24N2O4. The number of nitrogens with zero attached hydrogens (tertiary/aromatic N) is 1. The molecule has 2 fully saturated rings. The molecule has 1 saturated carbocycles. The molecule has 0 aromatic carbocycles. The fourth-order valence-electron chi connectivity index (χ4n) is 3.03. The number of hydrogen-bond donors (Lipinski definition) is 2. The van der Waals surface area contributed by atoms with Gasteiger partial charge in [-0.2, -0.15) is 0 Å². The molecule has 20 heavy (non-hydrogen) atoms. The highest BCUT2D eigenvalue weighted by molar-refractivity contribution is 5.84. The van der Waals surface area contributed by atoms with Gasteiger partial charge in [0.25, 0.3) is 0 Å². The summed E-state index contributed by atoms with van der Waals surface area (Å²) in [5, 5.41) is 12.1. The lowest BCUT2D eigenvalue weighted by atomic mass is 9.79. The molecule has 1 heterocycles. The van der Waals surface area contributed by atoms with E-state index in [-0.39, 0.29) is 11.8 Å². The lowest BCUT2D eigenvalue weighted by Crippen LogP contribution is -2.44. The molecule has 2 atom stereocenters. The van der Waals surface area contributed by atoms with Crippen molar-refractivity contribution < 1.29 is 19.4 Å². The summed E-state index contributed by atoms with van der Waals surface area (Å²) < 4.78 is 5.27. The summed E-state index contributed by atoms with van der Waals surface area (Å²) in [7, 11) is 0. The largest absolute Gasteiger partial charge is 0.481 e. The van der Waals surface area contributed by atoms with E-state index in [2.05, 4.69) is 10.2 Å². The van der Waals surface area contributed by atoms with Crippen LogP contribution in [0.3, 0.4) is 0 Å². The molecule has 6 heteroatoms. The van der Waals surface area contributed by atoms with E-state index in [4.69, 9.17) is 4.74 Å². The summed E-state index contributed by atoms with van der Waals surface area (Å²) >= 11 is 0. The molecule has 1 aliphatic carbocycles. The Bertz CT molecular complexity index is 342. The van der Waals surface area contributed by atoms with Crippen molar-refractivity contribution in [3.63, 3.8) is 0 Å². The number of carboxylic acid groups (broad SMARTS) is 1. The summed E-state index contributed by atoms with van der Waals surface area (Å²) in [5.74, 6) is -1.79. The normalized spacial score (nSPS) is 28.0. The number of carbonyl (C=O) groups is 2. The first-order valence-electron chi connectivity index (χ1n) is 7.49. The van der Waals surface area contributed by atoms with Crippen LogP contribution >= 0.6 is 0 Å². The third kappa shape index (κ3) is 4.18. The highest BCUT2D eigenvalue weighted by atomic mass is 16.5. The Hall–Kier alpha value is -1.14. The second-order valence-electron chi connectivity index (χ2n) is 5.58. The average Bonchev–Trinajstić information content (AvgIpc) is 2.48. The molecule has 6 nitrogen and oxygen atoms in total. The van der Waals surface area contributed by atoms with Crippen LogP contribution in [0.25, 0.3) is 0 Å². The lowest BCUT2D eigenvalue weighted by molar-refractivity contribution is -0.148. The first kappa shape index (κ1) is 15.3. The molecule has 0 bridgehead atoms. The lowest BCUT2D eigenvalue weighted by Gasteiger charge is -2.29. The molecular weight excluding hydrogens is 260 g/mol. The Morgan fingerprint density at radius 3 is 2.45 bits per heavy atom. The van der Waals surface area contributed by atoms with E-state index in [0.29, 0.717) is 19.4 Å². The molecule has 2 N–H and O–H groups in total. The number of carbonyl (C=O) groups excluding carboxylic acids is 1. The fraction of sp³-hybridized carbons (Fsp3) is 0.857. The van der Waals surface area contributed by atoms with Crippen LogP contribution in [0.4, 0.5) is 0 Å². The zero-order valence-corrected chi connectivity index (χ0v) is 11.8. The molecule has 0 unspecified atom stereocenters. The van der Waals surface area contributed by atoms with Gasteiger partial charge < -0.3 is 15.2 Å². The van der Waals surface area contributed by atoms with Gasteiger partial charge in [0.2, 0.25) is 5.91 Å². The standard InChI is InChI=1S/C14H24N2O4/c17-13(11-3-1-2-4-12(11)14(18)19)15-5-6-16-7-9-20-10-8-16/h11-12H,1-10H2,(H,15,17)(H,18,19)/t11-,12-/m0/s1. The summed E-state index contributed by atoms with van der Waals surface area (Å²) in [6.45, 7) is 4.69. The van der Waals surface area contributed by atoms with Crippen molar-refractivity contribution in [1.82, 2.24) is 10.2 Å². The van der Waals surface area contributed by atoms with Crippen LogP contribution in [0.5, 0.6) is 0 Å². The van der Waals surface area contributed by atoms with Crippen LogP contribution in [0.15, 0.2) is 0 Å². The Morgan fingerprint density at radius 1 is 1.15 bits per heavy atom. The summed E-state index contributed by atoms with van der Waals surface area (Å²) in [4.78, 5) is 25.6. The number of hydrogen-bond acceptors (Lipinski definition) is 4. The molecule has 1 saturated heterocycles. The number of rotatable bonds is 5. The van der Waals surface area contributed by atoms with Crippen molar-refractivity contribution in [2.24, 2.45) is 11.8 Å². The van der Waals surface area contributed by atoms with Gasteiger partial charge in [-0.3, -0.25) is 14.5 Å². The van der Waals surface area contributed by atoms with Crippen LogP contribution < -0.4 is 5.32 Å². The van der Waals surface area contributed by atoms with E-state index in [1.54, 1.807) is 0 Å². The number of carboxylic acids is 1. The number of aliphatic carboxylic acids is 1. The summed E-state index contributed by atoms with van der Waals surface area (Å²) in [6, 6.07) is 0. The zero-order valence-electron chi connectivity index (χ0n) is 11.8. The third-order valence-electron chi connectivity index (χ3n) is 4.25. The van der Waals surface area contributed by atoms with Gasteiger partial charge in [-0.05, 0) is 12.8 Å². The van der Waals surface area contributed by atoms with E-state index in [0.717, 1.165) is 45.7 Å². The van der Waals surface area contributed by atoms with Gasteiger partial charge >= 0.3 is 5.97 Å². The Balaban J connectivity index is 1.73. The van der Waals surface area contributed by atoms with Gasteiger partial charge in [0.05, 0.1) is 25.0 Å². The third-order valence-corrected chi connectivity index (χ3v) is 4.25. The summed E-state index contributed by atoms with van der Waals surface area (Å²) in [6.07, 6.45) is 3.18. The van der Waals surface area contributed by atoms with Crippen LogP contribution in [-0.2, 0) is 14.3 Å². The van der Waals surface area contributed by atoms with Gasteiger partial charge in [-0.25, -0.2) is 0 Å². The molecule has 0 aromatic heterocycles. The fourth-order valence-corrected chi connectivity index (χ4v) is 3.03. The summed E-state index contributed by atoms with van der Waals surface area (Å²) in [5.41, 5.74) is 0. The van der Waals surface area contributed by atoms with Gasteiger partial charge in [0.1, 0.15) is 0 Å². The Kier molecular flexibility index (Phi) is 5.79. The maximum absolute atomic E-state index is 12.1. The minimum Gasteiger partial charge on any atom is -0.481 e. The van der Waals surface area contributed by atoms with E-state index < -0.39 is 11.9 Å². The molecule has 0 spiro atoms. The highest BCUT2D eigenvalue weighted by Crippen LogP contribution is 2.30. The highest BCUT2D eigenvalue weighted by Gasteiger charge is 2.35. The molecule has 114 valence electrons. The van der Waals surface area contributed by atoms with Crippen molar-refractivity contribution in [2.45, 2.75) is 25.7 Å². The first-order chi connectivity index (χ1) is 9.68. The van der Waals surface area contributed by atoms with Gasteiger partial charge in [-0.15, -0.1) is 0 Å². The van der Waals surface area contributed by atoms with Crippen LogP contribution in [-0.4, -0.2) is 61.3 Å². The van der Waals surface area contributed by atoms with Crippen molar-refractivity contribution in [1.29, 1.82) is 0 Å². The Morgan fingerprint density at radius 2 is 1.80 bits per heavy atom. The molecule has 2 aliphatic rings. The van der Waals surface area contributed by atoms with Crippen molar-refractivity contribution in [2.75, 3.05) is 39.4 Å². The maximum Gasteiger partial charge on any atom is 0.307 e. The molecule has 0 aromatic rings. The maximum atomic E-state index is 12.1. The van der Waals surface area contributed by atoms with Crippen LogP contribution in [0.2, 0.25) is 0 Å². The van der Waals surface area contributed by atoms with E-state index in [9.17, 15) is 14.7 Å². The number of amides is 1. The topological polar surface area (TPSA) is 78.9 Å². The monoisotopic (exact) mass is 284 g/mol. The Labute approximate surface area is 119 Å². The number of ether oxygens (including phenoxy) is 1. The molecule has 1 amide bonds. The van der Waals surface area contributed by atoms with Gasteiger partial charge in [0.15, 0.2) is 0 Å². The minimum absolute atomic E-state index is 0.0923. The first-order valence-corrected chi connectivity index (χ1v) is 7.49. The molecule has 1 aliphatic heterocycles. The average molecular weight is 284 g/mol. The zero-order chi connectivity index (χ0) is 14.4. The molecule has 0 radical (unpaired) electrons. The van der Waals surface area contributed by atoms with Crippen LogP contribution in [0, 0.1) is 11.8 Å². The van der Waals surface area contributed by atoms with E-state index >= 15 is 0 Å². The van der Waals surface area contributed by atoms with Gasteiger partial charge in [-0.1, -0.05) is 12.8 Å². The van der Waals surface area contributed by atoms with Crippen LogP contribution in [0.1, 0.15) is 25.7 Å². The van der Waals surface area contributed by atoms with Crippen molar-refractivity contribution in [3.8, 4) is 0 Å². The SMILES string of the molecule is O=C(O)[C@H]1CCCC[C@@H]1C(=O)NCCN1CCOCC1. The van der Waals surface area contributed by atoms with E-state index in [1.165, 1.54) is 0 Å². The second-order valence-corrected chi connectivity index (χ2v) is 5.58. The van der Waals surface area contributed by atoms with E-state index in [1.807, 2.05) is 0 Å². The predicted molar refractivity (Wildman–Crippen MR) is 73.4 cm³/mol. The number of nitrogens with one attached hydrogen (secondary N) is 1.